The third-order valence-electron chi connectivity index (χ3n) is 3.48. The Bertz CT molecular complexity index is 679. The molecule has 2 aromatic rings. The van der Waals surface area contributed by atoms with Gasteiger partial charge in [-0.3, -0.25) is 4.79 Å². The van der Waals surface area contributed by atoms with E-state index in [9.17, 15) is 9.18 Å². The van der Waals surface area contributed by atoms with Crippen molar-refractivity contribution in [3.8, 4) is 5.75 Å². The molecule has 114 valence electrons. The zero-order chi connectivity index (χ0) is 15.5. The number of benzene rings is 2. The smallest absolute Gasteiger partial charge is 0.194 e. The number of carbonyl (C=O) groups is 1. The van der Waals surface area contributed by atoms with E-state index in [2.05, 4.69) is 0 Å². The molecule has 0 bridgehead atoms. The molecule has 1 saturated heterocycles. The van der Waals surface area contributed by atoms with Crippen LogP contribution in [0.2, 0.25) is 5.02 Å². The van der Waals surface area contributed by atoms with Crippen LogP contribution in [0.5, 0.6) is 5.75 Å². The molecule has 0 amide bonds. The summed E-state index contributed by atoms with van der Waals surface area (Å²) in [4.78, 5) is 12.4. The van der Waals surface area contributed by atoms with E-state index in [0.29, 0.717) is 24.5 Å². The number of ketones is 1. The quantitative estimate of drug-likeness (QED) is 0.802. The minimum atomic E-state index is -0.492. The largest absolute Gasteiger partial charge is 0.488 e. The fraction of sp³-hybridized carbons (Fsp3) is 0.235. The first-order valence-electron chi connectivity index (χ1n) is 6.98. The molecular formula is C17H14ClFO3. The summed E-state index contributed by atoms with van der Waals surface area (Å²) >= 11 is 5.96. The van der Waals surface area contributed by atoms with Gasteiger partial charge in [0.25, 0.3) is 0 Å². The van der Waals surface area contributed by atoms with Gasteiger partial charge in [-0.2, -0.15) is 0 Å². The SMILES string of the molecule is O=C(c1ccc(O[C@H]2CCOC2)cc1)c1cc(F)ccc1Cl. The second kappa shape index (κ2) is 6.46. The van der Waals surface area contributed by atoms with Gasteiger partial charge < -0.3 is 9.47 Å². The molecule has 0 unspecified atom stereocenters. The van der Waals surface area contributed by atoms with Crippen molar-refractivity contribution in [3.05, 3.63) is 64.4 Å². The van der Waals surface area contributed by atoms with Crippen molar-refractivity contribution in [2.75, 3.05) is 13.2 Å². The average molecular weight is 321 g/mol. The summed E-state index contributed by atoms with van der Waals surface area (Å²) in [5.74, 6) is -0.133. The van der Waals surface area contributed by atoms with Gasteiger partial charge >= 0.3 is 0 Å². The summed E-state index contributed by atoms with van der Waals surface area (Å²) in [6.45, 7) is 1.29. The molecule has 0 aliphatic carbocycles. The monoisotopic (exact) mass is 320 g/mol. The van der Waals surface area contributed by atoms with Crippen molar-refractivity contribution in [1.29, 1.82) is 0 Å². The molecule has 0 aromatic heterocycles. The van der Waals surface area contributed by atoms with E-state index in [1.807, 2.05) is 0 Å². The molecule has 0 N–H and O–H groups in total. The van der Waals surface area contributed by atoms with Crippen LogP contribution in [0.1, 0.15) is 22.3 Å². The van der Waals surface area contributed by atoms with Gasteiger partial charge in [-0.1, -0.05) is 11.6 Å². The van der Waals surface area contributed by atoms with Crippen LogP contribution in [-0.4, -0.2) is 25.1 Å². The molecule has 2 aromatic carbocycles. The third-order valence-corrected chi connectivity index (χ3v) is 3.81. The lowest BCUT2D eigenvalue weighted by Gasteiger charge is -2.12. The lowest BCUT2D eigenvalue weighted by atomic mass is 10.0. The minimum absolute atomic E-state index is 0.0548. The molecule has 1 atom stereocenters. The van der Waals surface area contributed by atoms with Gasteiger partial charge in [-0.25, -0.2) is 4.39 Å². The molecule has 1 aliphatic heterocycles. The predicted molar refractivity (Wildman–Crippen MR) is 81.1 cm³/mol. The van der Waals surface area contributed by atoms with E-state index in [1.54, 1.807) is 24.3 Å². The maximum Gasteiger partial charge on any atom is 0.194 e. The van der Waals surface area contributed by atoms with E-state index >= 15 is 0 Å². The zero-order valence-corrected chi connectivity index (χ0v) is 12.5. The van der Waals surface area contributed by atoms with Crippen LogP contribution in [0, 0.1) is 5.82 Å². The number of halogens is 2. The van der Waals surface area contributed by atoms with Gasteiger partial charge in [-0.15, -0.1) is 0 Å². The first kappa shape index (κ1) is 15.0. The summed E-state index contributed by atoms with van der Waals surface area (Å²) in [5, 5.41) is 0.231. The Hall–Kier alpha value is -1.91. The summed E-state index contributed by atoms with van der Waals surface area (Å²) in [6, 6.07) is 10.5. The molecule has 3 rings (SSSR count). The number of rotatable bonds is 4. The van der Waals surface area contributed by atoms with Crippen LogP contribution >= 0.6 is 11.6 Å². The van der Waals surface area contributed by atoms with E-state index in [1.165, 1.54) is 12.1 Å². The Morgan fingerprint density at radius 2 is 2.00 bits per heavy atom. The van der Waals surface area contributed by atoms with Crippen molar-refractivity contribution in [1.82, 2.24) is 0 Å². The third kappa shape index (κ3) is 3.29. The highest BCUT2D eigenvalue weighted by Gasteiger charge is 2.18. The molecule has 3 nitrogen and oxygen atoms in total. The first-order valence-corrected chi connectivity index (χ1v) is 7.35. The number of hydrogen-bond donors (Lipinski definition) is 0. The first-order chi connectivity index (χ1) is 10.6. The van der Waals surface area contributed by atoms with Gasteiger partial charge in [0, 0.05) is 17.5 Å². The molecule has 1 fully saturated rings. The molecule has 1 heterocycles. The number of ether oxygens (including phenoxy) is 2. The van der Waals surface area contributed by atoms with Gasteiger partial charge in [-0.05, 0) is 42.5 Å². The molecule has 22 heavy (non-hydrogen) atoms. The van der Waals surface area contributed by atoms with Crippen molar-refractivity contribution in [2.45, 2.75) is 12.5 Å². The van der Waals surface area contributed by atoms with E-state index in [4.69, 9.17) is 21.1 Å². The highest BCUT2D eigenvalue weighted by Crippen LogP contribution is 2.23. The summed E-state index contributed by atoms with van der Waals surface area (Å²) in [5.41, 5.74) is 0.585. The number of hydrogen-bond acceptors (Lipinski definition) is 3. The van der Waals surface area contributed by atoms with Crippen LogP contribution in [-0.2, 0) is 4.74 Å². The van der Waals surface area contributed by atoms with Crippen molar-refractivity contribution >= 4 is 17.4 Å². The topological polar surface area (TPSA) is 35.5 Å². The van der Waals surface area contributed by atoms with Crippen LogP contribution in [0.25, 0.3) is 0 Å². The van der Waals surface area contributed by atoms with Crippen LogP contribution in [0.3, 0.4) is 0 Å². The highest BCUT2D eigenvalue weighted by molar-refractivity contribution is 6.35. The fourth-order valence-electron chi connectivity index (χ4n) is 2.31. The molecule has 1 aliphatic rings. The Labute approximate surface area is 132 Å². The number of carbonyl (C=O) groups excluding carboxylic acids is 1. The lowest BCUT2D eigenvalue weighted by Crippen LogP contribution is -2.15. The normalized spacial score (nSPS) is 17.5. The maximum absolute atomic E-state index is 13.3. The van der Waals surface area contributed by atoms with Crippen LogP contribution < -0.4 is 4.74 Å². The van der Waals surface area contributed by atoms with Crippen LogP contribution in [0.4, 0.5) is 4.39 Å². The Morgan fingerprint density at radius 1 is 1.23 bits per heavy atom. The van der Waals surface area contributed by atoms with Crippen molar-refractivity contribution < 1.29 is 18.7 Å². The zero-order valence-electron chi connectivity index (χ0n) is 11.7. The van der Waals surface area contributed by atoms with Crippen LogP contribution in [0.15, 0.2) is 42.5 Å². The Balaban J connectivity index is 1.77. The molecule has 0 saturated carbocycles. The van der Waals surface area contributed by atoms with Gasteiger partial charge in [0.05, 0.1) is 18.2 Å². The molecular weight excluding hydrogens is 307 g/mol. The Morgan fingerprint density at radius 3 is 2.68 bits per heavy atom. The molecule has 0 radical (unpaired) electrons. The second-order valence-electron chi connectivity index (χ2n) is 5.08. The van der Waals surface area contributed by atoms with E-state index in [-0.39, 0.29) is 22.5 Å². The summed E-state index contributed by atoms with van der Waals surface area (Å²) < 4.78 is 24.3. The standard InChI is InChI=1S/C17H14ClFO3/c18-16-6-3-12(19)9-15(16)17(20)11-1-4-13(5-2-11)22-14-7-8-21-10-14/h1-6,9,14H,7-8,10H2/t14-/m0/s1. The maximum atomic E-state index is 13.3. The summed E-state index contributed by atoms with van der Waals surface area (Å²) in [7, 11) is 0. The van der Waals surface area contributed by atoms with E-state index < -0.39 is 5.82 Å². The van der Waals surface area contributed by atoms with Crippen molar-refractivity contribution in [2.24, 2.45) is 0 Å². The van der Waals surface area contributed by atoms with Gasteiger partial charge in [0.2, 0.25) is 0 Å². The molecule has 0 spiro atoms. The van der Waals surface area contributed by atoms with Gasteiger partial charge in [0.1, 0.15) is 17.7 Å². The second-order valence-corrected chi connectivity index (χ2v) is 5.49. The van der Waals surface area contributed by atoms with E-state index in [0.717, 1.165) is 12.5 Å². The van der Waals surface area contributed by atoms with Crippen molar-refractivity contribution in [3.63, 3.8) is 0 Å². The fourth-order valence-corrected chi connectivity index (χ4v) is 2.51. The summed E-state index contributed by atoms with van der Waals surface area (Å²) in [6.07, 6.45) is 0.916. The van der Waals surface area contributed by atoms with Gasteiger partial charge in [0.15, 0.2) is 5.78 Å². The average Bonchev–Trinajstić information content (AvgIpc) is 3.03. The predicted octanol–water partition coefficient (Wildman–Crippen LogP) is 3.88. The lowest BCUT2D eigenvalue weighted by molar-refractivity contribution is 0.103. The highest BCUT2D eigenvalue weighted by atomic mass is 35.5. The molecule has 5 heteroatoms. The minimum Gasteiger partial charge on any atom is -0.488 e. The Kier molecular flexibility index (Phi) is 4.41.